The van der Waals surface area contributed by atoms with Crippen LogP contribution < -0.4 is 19.9 Å². The van der Waals surface area contributed by atoms with Crippen molar-refractivity contribution in [2.24, 2.45) is 10.7 Å². The Balaban J connectivity index is 1.30. The standard InChI is InChI=1S/C37H29F2N5O6/c1-44-16-15-42-34(44)24-18-21(50-37(36(46)47-2)25-9-5-3-7-22(25)23-8-4-6-10-26(23)37)12-14-29(24)48-32-27(38)19-43-35(31(32)39)49-30-17-20(33(40)41)11-13-28(30)45/h3-14,17-19,45H,15-16H2,1-2H3,(H3,40,41). The Kier molecular flexibility index (Phi) is 8.02. The maximum atomic E-state index is 15.9. The predicted molar refractivity (Wildman–Crippen MR) is 179 cm³/mol. The van der Waals surface area contributed by atoms with Gasteiger partial charge in [-0.2, -0.15) is 4.39 Å². The zero-order valence-electron chi connectivity index (χ0n) is 26.7. The average Bonchev–Trinajstić information content (AvgIpc) is 3.68. The van der Waals surface area contributed by atoms with Gasteiger partial charge in [0, 0.05) is 30.3 Å². The number of aromatic hydroxyl groups is 1. The van der Waals surface area contributed by atoms with Gasteiger partial charge >= 0.3 is 5.97 Å². The summed E-state index contributed by atoms with van der Waals surface area (Å²) in [6, 6.07) is 23.2. The Morgan fingerprint density at radius 2 is 1.64 bits per heavy atom. The van der Waals surface area contributed by atoms with Crippen LogP contribution in [-0.2, 0) is 15.1 Å². The van der Waals surface area contributed by atoms with Crippen molar-refractivity contribution in [2.75, 3.05) is 27.2 Å². The number of likely N-dealkylation sites (N-methyl/N-ethyl adjacent to an activating group) is 1. The number of amidine groups is 2. The molecule has 252 valence electrons. The molecule has 0 saturated heterocycles. The van der Waals surface area contributed by atoms with Crippen LogP contribution in [0.5, 0.6) is 34.6 Å². The monoisotopic (exact) mass is 677 g/mol. The Morgan fingerprint density at radius 3 is 2.28 bits per heavy atom. The first-order valence-electron chi connectivity index (χ1n) is 15.4. The summed E-state index contributed by atoms with van der Waals surface area (Å²) >= 11 is 0. The number of nitrogens with two attached hydrogens (primary N) is 1. The molecule has 0 amide bonds. The smallest absolute Gasteiger partial charge is 0.359 e. The van der Waals surface area contributed by atoms with Crippen LogP contribution in [0.3, 0.4) is 0 Å². The van der Waals surface area contributed by atoms with E-state index >= 15 is 8.78 Å². The molecule has 7 rings (SSSR count). The molecule has 11 nitrogen and oxygen atoms in total. The van der Waals surface area contributed by atoms with Gasteiger partial charge < -0.3 is 34.7 Å². The highest BCUT2D eigenvalue weighted by Crippen LogP contribution is 2.51. The summed E-state index contributed by atoms with van der Waals surface area (Å²) in [4.78, 5) is 23.9. The fourth-order valence-corrected chi connectivity index (χ4v) is 6.12. The van der Waals surface area contributed by atoms with Gasteiger partial charge in [-0.15, -0.1) is 0 Å². The maximum Gasteiger partial charge on any atom is 0.359 e. The Morgan fingerprint density at radius 1 is 0.940 bits per heavy atom. The van der Waals surface area contributed by atoms with Crippen LogP contribution in [0.2, 0.25) is 0 Å². The van der Waals surface area contributed by atoms with Gasteiger partial charge in [0.05, 0.1) is 25.4 Å². The number of hydrogen-bond acceptors (Lipinski definition) is 10. The normalized spacial score (nSPS) is 14.0. The van der Waals surface area contributed by atoms with Crippen LogP contribution in [0.1, 0.15) is 22.3 Å². The first-order valence-corrected chi connectivity index (χ1v) is 15.4. The van der Waals surface area contributed by atoms with E-state index in [1.54, 1.807) is 6.07 Å². The molecule has 0 bridgehead atoms. The number of carbonyl (C=O) groups excluding carboxylic acids is 1. The summed E-state index contributed by atoms with van der Waals surface area (Å²) in [6.45, 7) is 1.04. The number of fused-ring (bicyclic) bond motifs is 3. The molecule has 2 heterocycles. The van der Waals surface area contributed by atoms with Crippen molar-refractivity contribution in [1.29, 1.82) is 5.41 Å². The van der Waals surface area contributed by atoms with E-state index in [9.17, 15) is 9.90 Å². The molecule has 0 atom stereocenters. The number of benzene rings is 4. The van der Waals surface area contributed by atoms with Crippen molar-refractivity contribution in [3.63, 3.8) is 0 Å². The minimum atomic E-state index is -1.66. The predicted octanol–water partition coefficient (Wildman–Crippen LogP) is 6.10. The first-order chi connectivity index (χ1) is 24.1. The fourth-order valence-electron chi connectivity index (χ4n) is 6.12. The first kappa shape index (κ1) is 32.1. The molecule has 0 radical (unpaired) electrons. The van der Waals surface area contributed by atoms with Crippen LogP contribution in [-0.4, -0.2) is 59.9 Å². The summed E-state index contributed by atoms with van der Waals surface area (Å²) in [5.74, 6) is -4.87. The molecule has 2 aliphatic rings. The summed E-state index contributed by atoms with van der Waals surface area (Å²) in [5.41, 5.74) is 7.22. The van der Waals surface area contributed by atoms with Crippen molar-refractivity contribution in [1.82, 2.24) is 9.88 Å². The Labute approximate surface area is 284 Å². The second-order valence-electron chi connectivity index (χ2n) is 11.5. The fraction of sp³-hybridized carbons (Fsp3) is 0.135. The molecule has 50 heavy (non-hydrogen) atoms. The van der Waals surface area contributed by atoms with E-state index in [2.05, 4.69) is 9.98 Å². The zero-order chi connectivity index (χ0) is 35.2. The molecule has 13 heteroatoms. The highest BCUT2D eigenvalue weighted by molar-refractivity contribution is 6.02. The lowest BCUT2D eigenvalue weighted by molar-refractivity contribution is -0.156. The quantitative estimate of drug-likeness (QED) is 0.0954. The van der Waals surface area contributed by atoms with Gasteiger partial charge in [0.15, 0.2) is 17.3 Å². The number of methoxy groups -OCH3 is 1. The molecule has 4 aromatic carbocycles. The molecule has 0 spiro atoms. The van der Waals surface area contributed by atoms with E-state index in [4.69, 9.17) is 30.1 Å². The van der Waals surface area contributed by atoms with Crippen molar-refractivity contribution in [3.8, 4) is 45.8 Å². The number of ether oxygens (including phenoxy) is 4. The number of aliphatic imine (C=N–C) groups is 1. The topological polar surface area (TPSA) is 153 Å². The molecule has 0 fully saturated rings. The molecule has 0 unspecified atom stereocenters. The van der Waals surface area contributed by atoms with E-state index in [-0.39, 0.29) is 34.4 Å². The number of halogens is 2. The number of nitrogen functional groups attached to an aromatic ring is 1. The highest BCUT2D eigenvalue weighted by Gasteiger charge is 2.53. The van der Waals surface area contributed by atoms with Crippen molar-refractivity contribution < 1.29 is 37.6 Å². The minimum Gasteiger partial charge on any atom is -0.504 e. The highest BCUT2D eigenvalue weighted by atomic mass is 19.1. The van der Waals surface area contributed by atoms with Crippen molar-refractivity contribution >= 4 is 17.6 Å². The van der Waals surface area contributed by atoms with Gasteiger partial charge in [0.2, 0.25) is 11.6 Å². The molecule has 4 N–H and O–H groups in total. The molecule has 5 aromatic rings. The number of pyridine rings is 1. The lowest BCUT2D eigenvalue weighted by atomic mass is 9.91. The third-order valence-electron chi connectivity index (χ3n) is 8.49. The van der Waals surface area contributed by atoms with Crippen LogP contribution in [0, 0.1) is 17.0 Å². The van der Waals surface area contributed by atoms with Crippen LogP contribution in [0.15, 0.2) is 96.1 Å². The van der Waals surface area contributed by atoms with Crippen molar-refractivity contribution in [2.45, 2.75) is 5.60 Å². The number of aromatic nitrogens is 1. The number of hydrogen-bond donors (Lipinski definition) is 3. The SMILES string of the molecule is COC(=O)C1(Oc2ccc(Oc3c(F)cnc(Oc4cc(C(=N)N)ccc4O)c3F)c(C3=NCCN3C)c2)c2ccccc2-c2ccccc21. The van der Waals surface area contributed by atoms with Crippen LogP contribution in [0.25, 0.3) is 11.1 Å². The summed E-state index contributed by atoms with van der Waals surface area (Å²) in [6.07, 6.45) is 0.713. The number of esters is 1. The number of nitrogens with zero attached hydrogens (tertiary/aromatic N) is 3. The molecule has 1 aromatic heterocycles. The number of phenolic OH excluding ortho intramolecular Hbond substituents is 1. The molecule has 1 aliphatic heterocycles. The van der Waals surface area contributed by atoms with Gasteiger partial charge in [-0.05, 0) is 47.5 Å². The molecular formula is C37H29F2N5O6. The summed E-state index contributed by atoms with van der Waals surface area (Å²) in [5, 5.41) is 17.9. The van der Waals surface area contributed by atoms with Gasteiger partial charge in [-0.25, -0.2) is 14.2 Å². The average molecular weight is 678 g/mol. The summed E-state index contributed by atoms with van der Waals surface area (Å²) < 4.78 is 54.4. The lowest BCUT2D eigenvalue weighted by Gasteiger charge is -2.30. The number of rotatable bonds is 9. The van der Waals surface area contributed by atoms with E-state index in [1.165, 1.54) is 37.4 Å². The molecular weight excluding hydrogens is 648 g/mol. The number of phenols is 1. The van der Waals surface area contributed by atoms with E-state index < -0.39 is 34.8 Å². The lowest BCUT2D eigenvalue weighted by Crippen LogP contribution is -2.42. The van der Waals surface area contributed by atoms with Crippen LogP contribution in [0.4, 0.5) is 8.78 Å². The second-order valence-corrected chi connectivity index (χ2v) is 11.5. The third kappa shape index (κ3) is 5.28. The Hall–Kier alpha value is -6.50. The van der Waals surface area contributed by atoms with Gasteiger partial charge in [0.1, 0.15) is 23.2 Å². The number of carbonyl (C=O) groups is 1. The minimum absolute atomic E-state index is 0.0144. The maximum absolute atomic E-state index is 15.9. The third-order valence-corrected chi connectivity index (χ3v) is 8.49. The van der Waals surface area contributed by atoms with E-state index in [0.717, 1.165) is 11.1 Å². The van der Waals surface area contributed by atoms with Gasteiger partial charge in [0.25, 0.3) is 11.5 Å². The molecule has 1 aliphatic carbocycles. The van der Waals surface area contributed by atoms with E-state index in [1.807, 2.05) is 60.5 Å². The second kappa shape index (κ2) is 12.5. The van der Waals surface area contributed by atoms with Gasteiger partial charge in [-0.3, -0.25) is 10.4 Å². The largest absolute Gasteiger partial charge is 0.504 e. The zero-order valence-corrected chi connectivity index (χ0v) is 26.7. The summed E-state index contributed by atoms with van der Waals surface area (Å²) in [7, 11) is 3.10. The Bertz CT molecular complexity index is 2180. The molecule has 0 saturated carbocycles. The number of nitrogens with one attached hydrogen (secondary N) is 1. The van der Waals surface area contributed by atoms with E-state index in [0.29, 0.717) is 41.8 Å². The van der Waals surface area contributed by atoms with Crippen LogP contribution >= 0.6 is 0 Å². The van der Waals surface area contributed by atoms with Crippen molar-refractivity contribution in [3.05, 3.63) is 125 Å². The van der Waals surface area contributed by atoms with Gasteiger partial charge in [-0.1, -0.05) is 48.5 Å².